The molecule has 2 heterocycles. The first-order valence-electron chi connectivity index (χ1n) is 9.67. The Kier molecular flexibility index (Phi) is 8.14. The lowest BCUT2D eigenvalue weighted by molar-refractivity contribution is 0.285. The second-order valence-electron chi connectivity index (χ2n) is 5.92. The third-order valence-electron chi connectivity index (χ3n) is 4.41. The lowest BCUT2D eigenvalue weighted by Gasteiger charge is -2.17. The summed E-state index contributed by atoms with van der Waals surface area (Å²) in [4.78, 5) is 6.46. The molecule has 0 radical (unpaired) electrons. The second kappa shape index (κ2) is 10.6. The summed E-state index contributed by atoms with van der Waals surface area (Å²) in [6.45, 7) is 12.2. The molecule has 144 valence electrons. The van der Waals surface area contributed by atoms with Crippen molar-refractivity contribution >= 4 is 0 Å². The number of hydrogen-bond donors (Lipinski definition) is 0. The zero-order chi connectivity index (χ0) is 19.6. The molecule has 0 atom stereocenters. The molecule has 4 nitrogen and oxygen atoms in total. The van der Waals surface area contributed by atoms with E-state index in [9.17, 15) is 4.39 Å². The van der Waals surface area contributed by atoms with Crippen molar-refractivity contribution in [3.63, 3.8) is 0 Å². The molecule has 0 amide bonds. The zero-order valence-electron chi connectivity index (χ0n) is 16.7. The monoisotopic (exact) mass is 368 g/mol. The topological polar surface area (TPSA) is 34.0 Å². The van der Waals surface area contributed by atoms with Gasteiger partial charge in [0.15, 0.2) is 0 Å². The van der Waals surface area contributed by atoms with Crippen LogP contribution in [0.5, 0.6) is 0 Å². The Morgan fingerprint density at radius 1 is 0.926 bits per heavy atom. The summed E-state index contributed by atoms with van der Waals surface area (Å²) in [5, 5.41) is 4.77. The SMILES string of the molecule is CC.CCN(CC)CCn1cc(-c2ccncc2)c(-c2ccc(F)cc2)n1. The number of likely N-dealkylation sites (N-methyl/N-ethyl adjacent to an activating group) is 1. The fourth-order valence-corrected chi connectivity index (χ4v) is 2.88. The molecule has 0 fully saturated rings. The van der Waals surface area contributed by atoms with E-state index in [1.54, 1.807) is 24.5 Å². The van der Waals surface area contributed by atoms with Gasteiger partial charge >= 0.3 is 0 Å². The van der Waals surface area contributed by atoms with Gasteiger partial charge in [0, 0.05) is 36.3 Å². The Morgan fingerprint density at radius 3 is 2.15 bits per heavy atom. The van der Waals surface area contributed by atoms with E-state index in [0.717, 1.165) is 48.6 Å². The molecule has 0 aliphatic rings. The van der Waals surface area contributed by atoms with Gasteiger partial charge in [0.1, 0.15) is 11.5 Å². The van der Waals surface area contributed by atoms with Crippen molar-refractivity contribution < 1.29 is 4.39 Å². The molecule has 0 aliphatic carbocycles. The number of nitrogens with zero attached hydrogens (tertiary/aromatic N) is 4. The second-order valence-corrected chi connectivity index (χ2v) is 5.92. The van der Waals surface area contributed by atoms with Crippen LogP contribution in [-0.2, 0) is 6.54 Å². The van der Waals surface area contributed by atoms with E-state index in [2.05, 4.69) is 29.9 Å². The van der Waals surface area contributed by atoms with E-state index in [-0.39, 0.29) is 5.82 Å². The van der Waals surface area contributed by atoms with Crippen molar-refractivity contribution in [3.05, 3.63) is 60.8 Å². The van der Waals surface area contributed by atoms with Gasteiger partial charge in [-0.05, 0) is 55.1 Å². The highest BCUT2D eigenvalue weighted by atomic mass is 19.1. The maximum atomic E-state index is 13.3. The van der Waals surface area contributed by atoms with Gasteiger partial charge in [-0.2, -0.15) is 5.10 Å². The molecule has 0 aliphatic heterocycles. The Hall–Kier alpha value is -2.53. The molecule has 0 saturated heterocycles. The average molecular weight is 369 g/mol. The number of hydrogen-bond acceptors (Lipinski definition) is 3. The quantitative estimate of drug-likeness (QED) is 0.580. The van der Waals surface area contributed by atoms with Gasteiger partial charge in [-0.1, -0.05) is 27.7 Å². The fourth-order valence-electron chi connectivity index (χ4n) is 2.88. The van der Waals surface area contributed by atoms with E-state index >= 15 is 0 Å². The standard InChI is InChI=1S/C20H23FN4.C2H6/c1-3-24(4-2)13-14-25-15-19(16-9-11-22-12-10-16)20(23-25)17-5-7-18(21)8-6-17;1-2/h5-12,15H,3-4,13-14H2,1-2H3;1-2H3. The molecule has 0 saturated carbocycles. The average Bonchev–Trinajstić information content (AvgIpc) is 3.16. The van der Waals surface area contributed by atoms with Crippen LogP contribution in [0.4, 0.5) is 4.39 Å². The van der Waals surface area contributed by atoms with Crippen LogP contribution in [0.2, 0.25) is 0 Å². The smallest absolute Gasteiger partial charge is 0.123 e. The zero-order valence-corrected chi connectivity index (χ0v) is 16.7. The van der Waals surface area contributed by atoms with Crippen LogP contribution in [0.1, 0.15) is 27.7 Å². The van der Waals surface area contributed by atoms with Crippen molar-refractivity contribution in [2.75, 3.05) is 19.6 Å². The van der Waals surface area contributed by atoms with Gasteiger partial charge in [-0.3, -0.25) is 9.67 Å². The van der Waals surface area contributed by atoms with E-state index in [4.69, 9.17) is 5.10 Å². The molecule has 1 aromatic carbocycles. The van der Waals surface area contributed by atoms with Crippen LogP contribution >= 0.6 is 0 Å². The minimum Gasteiger partial charge on any atom is -0.302 e. The summed E-state index contributed by atoms with van der Waals surface area (Å²) >= 11 is 0. The molecule has 2 aromatic heterocycles. The first-order valence-corrected chi connectivity index (χ1v) is 9.67. The minimum absolute atomic E-state index is 0.241. The van der Waals surface area contributed by atoms with Crippen LogP contribution in [0.3, 0.4) is 0 Å². The van der Waals surface area contributed by atoms with Gasteiger partial charge in [-0.25, -0.2) is 4.39 Å². The third-order valence-corrected chi connectivity index (χ3v) is 4.41. The first kappa shape index (κ1) is 20.8. The number of halogens is 1. The number of benzene rings is 1. The van der Waals surface area contributed by atoms with Gasteiger partial charge < -0.3 is 4.90 Å². The maximum Gasteiger partial charge on any atom is 0.123 e. The van der Waals surface area contributed by atoms with Crippen molar-refractivity contribution in [1.29, 1.82) is 0 Å². The first-order chi connectivity index (χ1) is 13.2. The Morgan fingerprint density at radius 2 is 1.56 bits per heavy atom. The third kappa shape index (κ3) is 5.47. The minimum atomic E-state index is -0.241. The molecule has 0 bridgehead atoms. The summed E-state index contributed by atoms with van der Waals surface area (Å²) in [5.41, 5.74) is 3.87. The van der Waals surface area contributed by atoms with Gasteiger partial charge in [0.25, 0.3) is 0 Å². The molecule has 3 rings (SSSR count). The Bertz CT molecular complexity index is 793. The van der Waals surface area contributed by atoms with Crippen molar-refractivity contribution in [3.8, 4) is 22.4 Å². The summed E-state index contributed by atoms with van der Waals surface area (Å²) < 4.78 is 15.3. The summed E-state index contributed by atoms with van der Waals surface area (Å²) in [7, 11) is 0. The van der Waals surface area contributed by atoms with E-state index in [1.165, 1.54) is 12.1 Å². The van der Waals surface area contributed by atoms with Crippen molar-refractivity contribution in [2.24, 2.45) is 0 Å². The van der Waals surface area contributed by atoms with Crippen molar-refractivity contribution in [2.45, 2.75) is 34.2 Å². The lowest BCUT2D eigenvalue weighted by Crippen LogP contribution is -2.27. The van der Waals surface area contributed by atoms with Crippen LogP contribution < -0.4 is 0 Å². The molecular weight excluding hydrogens is 339 g/mol. The van der Waals surface area contributed by atoms with Gasteiger partial charge in [0.2, 0.25) is 0 Å². The number of rotatable bonds is 7. The van der Waals surface area contributed by atoms with Crippen LogP contribution in [0.15, 0.2) is 55.0 Å². The predicted octanol–water partition coefficient (Wildman–Crippen LogP) is 5.12. The van der Waals surface area contributed by atoms with E-state index in [0.29, 0.717) is 0 Å². The molecule has 27 heavy (non-hydrogen) atoms. The van der Waals surface area contributed by atoms with Gasteiger partial charge in [0.05, 0.1) is 6.54 Å². The maximum absolute atomic E-state index is 13.3. The fraction of sp³-hybridized carbons (Fsp3) is 0.364. The number of pyridine rings is 1. The largest absolute Gasteiger partial charge is 0.302 e. The van der Waals surface area contributed by atoms with Crippen molar-refractivity contribution in [1.82, 2.24) is 19.7 Å². The van der Waals surface area contributed by atoms with Crippen LogP contribution in [0, 0.1) is 5.82 Å². The molecular formula is C22H29FN4. The molecule has 3 aromatic rings. The number of aromatic nitrogens is 3. The Labute approximate surface area is 161 Å². The molecule has 0 spiro atoms. The summed E-state index contributed by atoms with van der Waals surface area (Å²) in [6, 6.07) is 10.4. The normalized spacial score (nSPS) is 10.6. The highest BCUT2D eigenvalue weighted by Crippen LogP contribution is 2.30. The molecule has 5 heteroatoms. The highest BCUT2D eigenvalue weighted by molar-refractivity contribution is 5.80. The Balaban J connectivity index is 0.00000126. The molecule has 0 N–H and O–H groups in total. The lowest BCUT2D eigenvalue weighted by atomic mass is 10.0. The van der Waals surface area contributed by atoms with Gasteiger partial charge in [-0.15, -0.1) is 0 Å². The summed E-state index contributed by atoms with van der Waals surface area (Å²) in [6.07, 6.45) is 5.62. The molecule has 0 unspecified atom stereocenters. The van der Waals surface area contributed by atoms with E-state index in [1.807, 2.05) is 30.7 Å². The summed E-state index contributed by atoms with van der Waals surface area (Å²) in [5.74, 6) is -0.241. The highest BCUT2D eigenvalue weighted by Gasteiger charge is 2.13. The van der Waals surface area contributed by atoms with Crippen LogP contribution in [0.25, 0.3) is 22.4 Å². The predicted molar refractivity (Wildman–Crippen MR) is 110 cm³/mol. The van der Waals surface area contributed by atoms with Crippen LogP contribution in [-0.4, -0.2) is 39.3 Å². The van der Waals surface area contributed by atoms with E-state index < -0.39 is 0 Å².